The van der Waals surface area contributed by atoms with E-state index in [1.165, 1.54) is 43.5 Å². The number of benzene rings is 3. The number of halogens is 3. The summed E-state index contributed by atoms with van der Waals surface area (Å²) >= 11 is 0. The SMILES string of the molecule is CC.CC.COCCn1c(Cc2cc(F)c(-c3cccc(OCc4ccc(C#N)cc4F)n3)cc2F)nc2c(C)cc(C(=O)O)cc21. The maximum atomic E-state index is 15.4. The molecule has 0 saturated heterocycles. The van der Waals surface area contributed by atoms with Crippen molar-refractivity contribution < 1.29 is 32.5 Å². The Morgan fingerprint density at radius 1 is 0.936 bits per heavy atom. The number of methoxy groups -OCH3 is 1. The summed E-state index contributed by atoms with van der Waals surface area (Å²) in [5.74, 6) is -2.59. The number of pyridine rings is 1. The topological polar surface area (TPSA) is 110 Å². The molecule has 0 saturated carbocycles. The van der Waals surface area contributed by atoms with Gasteiger partial charge in [0.2, 0.25) is 5.88 Å². The van der Waals surface area contributed by atoms with Gasteiger partial charge in [-0.25, -0.2) is 27.9 Å². The van der Waals surface area contributed by atoms with E-state index < -0.39 is 23.4 Å². The van der Waals surface area contributed by atoms with Gasteiger partial charge in [0, 0.05) is 37.3 Å². The number of imidazole rings is 1. The zero-order chi connectivity index (χ0) is 34.7. The number of carboxylic acid groups (broad SMARTS) is 1. The van der Waals surface area contributed by atoms with Gasteiger partial charge >= 0.3 is 5.97 Å². The predicted octanol–water partition coefficient (Wildman–Crippen LogP) is 8.26. The number of aromatic carboxylic acids is 1. The average molecular weight is 647 g/mol. The Kier molecular flexibility index (Phi) is 13.0. The van der Waals surface area contributed by atoms with Gasteiger partial charge in [0.05, 0.1) is 40.5 Å². The maximum absolute atomic E-state index is 15.4. The number of nitriles is 1. The molecule has 3 aromatic carbocycles. The van der Waals surface area contributed by atoms with Crippen molar-refractivity contribution in [3.8, 4) is 23.2 Å². The van der Waals surface area contributed by atoms with Crippen molar-refractivity contribution >= 4 is 17.0 Å². The molecule has 0 spiro atoms. The van der Waals surface area contributed by atoms with E-state index in [0.717, 1.165) is 18.2 Å². The first-order chi connectivity index (χ1) is 22.7. The van der Waals surface area contributed by atoms with E-state index in [0.29, 0.717) is 35.6 Å². The van der Waals surface area contributed by atoms with Gasteiger partial charge in [-0.3, -0.25) is 0 Å². The van der Waals surface area contributed by atoms with Crippen molar-refractivity contribution in [2.45, 2.75) is 54.2 Å². The number of aromatic nitrogens is 3. The van der Waals surface area contributed by atoms with E-state index in [-0.39, 0.29) is 52.4 Å². The molecule has 0 aliphatic heterocycles. The summed E-state index contributed by atoms with van der Waals surface area (Å²) in [6.45, 7) is 10.2. The van der Waals surface area contributed by atoms with Crippen molar-refractivity contribution in [3.63, 3.8) is 0 Å². The number of carbonyl (C=O) groups is 1. The van der Waals surface area contributed by atoms with Crippen LogP contribution in [0, 0.1) is 35.7 Å². The molecule has 8 nitrogen and oxygen atoms in total. The molecule has 5 rings (SSSR count). The lowest BCUT2D eigenvalue weighted by molar-refractivity contribution is 0.0697. The number of fused-ring (bicyclic) bond motifs is 1. The summed E-state index contributed by atoms with van der Waals surface area (Å²) in [6, 6.07) is 15.6. The molecule has 47 heavy (non-hydrogen) atoms. The van der Waals surface area contributed by atoms with Crippen LogP contribution in [0.4, 0.5) is 13.2 Å². The van der Waals surface area contributed by atoms with Crippen LogP contribution in [0.25, 0.3) is 22.3 Å². The molecule has 2 aromatic heterocycles. The molecule has 0 aliphatic rings. The Bertz CT molecular complexity index is 1900. The van der Waals surface area contributed by atoms with Gasteiger partial charge in [-0.15, -0.1) is 0 Å². The highest BCUT2D eigenvalue weighted by Crippen LogP contribution is 2.29. The molecule has 0 amide bonds. The molecule has 11 heteroatoms. The van der Waals surface area contributed by atoms with Gasteiger partial charge in [-0.2, -0.15) is 5.26 Å². The molecule has 0 fully saturated rings. The Morgan fingerprint density at radius 3 is 2.32 bits per heavy atom. The summed E-state index contributed by atoms with van der Waals surface area (Å²) in [6.07, 6.45) is -0.0595. The summed E-state index contributed by atoms with van der Waals surface area (Å²) in [7, 11) is 1.53. The monoisotopic (exact) mass is 646 g/mol. The molecule has 0 radical (unpaired) electrons. The second kappa shape index (κ2) is 16.9. The molecular formula is C36H37F3N4O4. The predicted molar refractivity (Wildman–Crippen MR) is 174 cm³/mol. The van der Waals surface area contributed by atoms with Gasteiger partial charge in [0.1, 0.15) is 29.9 Å². The van der Waals surface area contributed by atoms with Gasteiger partial charge < -0.3 is 19.1 Å². The molecular weight excluding hydrogens is 609 g/mol. The standard InChI is InChI=1S/C32H25F3N4O4.2C2H6/c1-18-10-22(32(40)41)13-28-31(18)38-29(39(28)8-9-42-2)14-21-12-26(35)23(15-25(21)34)27-4-3-5-30(37-27)43-17-20-7-6-19(16-36)11-24(20)33;2*1-2/h3-7,10-13,15H,8-9,14,17H2,1-2H3,(H,40,41);2*1-2H3. The lowest BCUT2D eigenvalue weighted by atomic mass is 10.0. The van der Waals surface area contributed by atoms with Crippen LogP contribution >= 0.6 is 0 Å². The van der Waals surface area contributed by atoms with Crippen molar-refractivity contribution in [3.05, 3.63) is 112 Å². The summed E-state index contributed by atoms with van der Waals surface area (Å²) in [4.78, 5) is 20.5. The van der Waals surface area contributed by atoms with E-state index in [1.807, 2.05) is 33.8 Å². The highest BCUT2D eigenvalue weighted by Gasteiger charge is 2.20. The van der Waals surface area contributed by atoms with Crippen LogP contribution in [0.15, 0.2) is 60.7 Å². The molecule has 0 aliphatic carbocycles. The second-order valence-corrected chi connectivity index (χ2v) is 9.81. The van der Waals surface area contributed by atoms with Gasteiger partial charge in [0.15, 0.2) is 0 Å². The fourth-order valence-electron chi connectivity index (χ4n) is 4.75. The van der Waals surface area contributed by atoms with Crippen LogP contribution in [-0.2, 0) is 24.3 Å². The number of hydrogen-bond acceptors (Lipinski definition) is 6. The molecule has 5 aromatic rings. The highest BCUT2D eigenvalue weighted by atomic mass is 19.1. The Balaban J connectivity index is 0.00000144. The summed E-state index contributed by atoms with van der Waals surface area (Å²) in [5, 5.41) is 18.4. The van der Waals surface area contributed by atoms with Gasteiger partial charge in [0.25, 0.3) is 0 Å². The van der Waals surface area contributed by atoms with Crippen molar-refractivity contribution in [2.75, 3.05) is 13.7 Å². The van der Waals surface area contributed by atoms with Crippen molar-refractivity contribution in [1.82, 2.24) is 14.5 Å². The van der Waals surface area contributed by atoms with E-state index in [4.69, 9.17) is 14.7 Å². The smallest absolute Gasteiger partial charge is 0.335 e. The van der Waals surface area contributed by atoms with E-state index in [1.54, 1.807) is 17.6 Å². The average Bonchev–Trinajstić information content (AvgIpc) is 3.43. The molecule has 0 bridgehead atoms. The molecule has 0 atom stereocenters. The third-order valence-corrected chi connectivity index (χ3v) is 6.93. The minimum Gasteiger partial charge on any atom is -0.478 e. The number of rotatable bonds is 10. The molecule has 246 valence electrons. The Hall–Kier alpha value is -5.21. The van der Waals surface area contributed by atoms with Gasteiger partial charge in [-0.05, 0) is 60.5 Å². The summed E-state index contributed by atoms with van der Waals surface area (Å²) in [5.41, 5.74) is 2.32. The minimum atomic E-state index is -1.08. The first kappa shape index (κ1) is 36.3. The van der Waals surface area contributed by atoms with E-state index in [9.17, 15) is 14.3 Å². The van der Waals surface area contributed by atoms with Crippen LogP contribution in [0.2, 0.25) is 0 Å². The first-order valence-electron chi connectivity index (χ1n) is 15.2. The molecule has 1 N–H and O–H groups in total. The lowest BCUT2D eigenvalue weighted by Gasteiger charge is -2.12. The first-order valence-corrected chi connectivity index (χ1v) is 15.2. The fraction of sp³-hybridized carbons (Fsp3) is 0.278. The number of aryl methyl sites for hydroxylation is 1. The van der Waals surface area contributed by atoms with Crippen molar-refractivity contribution in [2.24, 2.45) is 0 Å². The molecule has 0 unspecified atom stereocenters. The Labute approximate surface area is 272 Å². The summed E-state index contributed by atoms with van der Waals surface area (Å²) < 4.78 is 57.6. The Morgan fingerprint density at radius 2 is 1.66 bits per heavy atom. The van der Waals surface area contributed by atoms with Gasteiger partial charge in [-0.1, -0.05) is 39.8 Å². The quantitative estimate of drug-likeness (QED) is 0.163. The number of ether oxygens (including phenoxy) is 2. The molecule has 2 heterocycles. The number of hydrogen-bond donors (Lipinski definition) is 1. The lowest BCUT2D eigenvalue weighted by Crippen LogP contribution is -2.10. The van der Waals surface area contributed by atoms with E-state index >= 15 is 8.78 Å². The number of carboxylic acids is 1. The maximum Gasteiger partial charge on any atom is 0.335 e. The van der Waals surface area contributed by atoms with Crippen molar-refractivity contribution in [1.29, 1.82) is 5.26 Å². The zero-order valence-corrected chi connectivity index (χ0v) is 27.2. The highest BCUT2D eigenvalue weighted by molar-refractivity contribution is 5.94. The van der Waals surface area contributed by atoms with Crippen LogP contribution in [0.1, 0.15) is 66.1 Å². The normalized spacial score (nSPS) is 10.4. The van der Waals surface area contributed by atoms with Crippen LogP contribution in [-0.4, -0.2) is 39.3 Å². The van der Waals surface area contributed by atoms with Crippen LogP contribution in [0.5, 0.6) is 5.88 Å². The van der Waals surface area contributed by atoms with E-state index in [2.05, 4.69) is 9.97 Å². The zero-order valence-electron chi connectivity index (χ0n) is 27.2. The van der Waals surface area contributed by atoms with Crippen LogP contribution in [0.3, 0.4) is 0 Å². The number of nitrogens with zero attached hydrogens (tertiary/aromatic N) is 4. The third kappa shape index (κ3) is 8.54. The fourth-order valence-corrected chi connectivity index (χ4v) is 4.75. The van der Waals surface area contributed by atoms with Crippen LogP contribution < -0.4 is 4.74 Å². The largest absolute Gasteiger partial charge is 0.478 e. The second-order valence-electron chi connectivity index (χ2n) is 9.81. The third-order valence-electron chi connectivity index (χ3n) is 6.93. The minimum absolute atomic E-state index is 0.0510.